The molecule has 2 amide bonds. The van der Waals surface area contributed by atoms with Gasteiger partial charge in [-0.15, -0.1) is 11.8 Å². The normalized spacial score (nSPS) is 24.0. The Balaban J connectivity index is 1.46. The maximum atomic E-state index is 12.8. The highest BCUT2D eigenvalue weighted by Crippen LogP contribution is 2.47. The second-order valence-corrected chi connectivity index (χ2v) is 8.63. The van der Waals surface area contributed by atoms with Gasteiger partial charge < -0.3 is 14.6 Å². The first kappa shape index (κ1) is 17.2. The van der Waals surface area contributed by atoms with E-state index in [0.717, 1.165) is 16.4 Å². The number of hydrogen-bond acceptors (Lipinski definition) is 4. The minimum absolute atomic E-state index is 0.0297. The highest BCUT2D eigenvalue weighted by molar-refractivity contribution is 8.00. The molecule has 26 heavy (non-hydrogen) atoms. The number of carbonyl (C=O) groups is 2. The van der Waals surface area contributed by atoms with E-state index >= 15 is 0 Å². The Morgan fingerprint density at radius 3 is 2.81 bits per heavy atom. The van der Waals surface area contributed by atoms with E-state index in [1.54, 1.807) is 18.0 Å². The molecule has 1 saturated carbocycles. The number of amides is 2. The summed E-state index contributed by atoms with van der Waals surface area (Å²) in [6.07, 6.45) is 1.18. The summed E-state index contributed by atoms with van der Waals surface area (Å²) in [5, 5.41) is 2.75. The van der Waals surface area contributed by atoms with Crippen molar-refractivity contribution in [2.45, 2.75) is 42.9 Å². The summed E-state index contributed by atoms with van der Waals surface area (Å²) in [4.78, 5) is 27.2. The highest BCUT2D eigenvalue weighted by atomic mass is 32.2. The predicted molar refractivity (Wildman–Crippen MR) is 101 cm³/mol. The van der Waals surface area contributed by atoms with Gasteiger partial charge in [0, 0.05) is 23.4 Å². The molecular weight excluding hydrogens is 348 g/mol. The minimum atomic E-state index is -0.117. The largest absolute Gasteiger partial charge is 0.464 e. The molecule has 0 saturated heterocycles. The van der Waals surface area contributed by atoms with Crippen molar-refractivity contribution >= 4 is 29.3 Å². The van der Waals surface area contributed by atoms with Crippen LogP contribution in [0.5, 0.6) is 0 Å². The maximum absolute atomic E-state index is 12.8. The molecule has 1 aromatic carbocycles. The van der Waals surface area contributed by atoms with Gasteiger partial charge in [-0.05, 0) is 49.6 Å². The quantitative estimate of drug-likeness (QED) is 0.880. The number of benzene rings is 1. The fourth-order valence-electron chi connectivity index (χ4n) is 3.27. The first-order valence-electron chi connectivity index (χ1n) is 8.88. The van der Waals surface area contributed by atoms with Gasteiger partial charge in [0.2, 0.25) is 5.91 Å². The van der Waals surface area contributed by atoms with Gasteiger partial charge >= 0.3 is 0 Å². The van der Waals surface area contributed by atoms with Crippen molar-refractivity contribution in [2.24, 2.45) is 5.92 Å². The van der Waals surface area contributed by atoms with Crippen molar-refractivity contribution in [3.63, 3.8) is 0 Å². The van der Waals surface area contributed by atoms with Crippen LogP contribution in [0.15, 0.2) is 39.6 Å². The molecule has 0 spiro atoms. The van der Waals surface area contributed by atoms with E-state index in [9.17, 15) is 9.59 Å². The molecule has 0 bridgehead atoms. The van der Waals surface area contributed by atoms with Gasteiger partial charge in [0.1, 0.15) is 11.5 Å². The Morgan fingerprint density at radius 1 is 1.31 bits per heavy atom. The molecule has 1 N–H and O–H groups in total. The number of thioether (sulfide) groups is 1. The van der Waals surface area contributed by atoms with E-state index in [-0.39, 0.29) is 17.1 Å². The van der Waals surface area contributed by atoms with Crippen molar-refractivity contribution in [1.29, 1.82) is 0 Å². The lowest BCUT2D eigenvalue weighted by molar-refractivity contribution is -0.115. The third kappa shape index (κ3) is 3.26. The van der Waals surface area contributed by atoms with E-state index < -0.39 is 0 Å². The lowest BCUT2D eigenvalue weighted by atomic mass is 10.1. The maximum Gasteiger partial charge on any atom is 0.254 e. The van der Waals surface area contributed by atoms with E-state index in [1.807, 2.05) is 31.2 Å². The molecule has 1 aromatic heterocycles. The number of fused-ring (bicyclic) bond motifs is 1. The average molecular weight is 370 g/mol. The van der Waals surface area contributed by atoms with Gasteiger partial charge in [0.25, 0.3) is 5.91 Å². The molecule has 2 aromatic rings. The van der Waals surface area contributed by atoms with Gasteiger partial charge in [-0.2, -0.15) is 0 Å². The Morgan fingerprint density at radius 2 is 2.08 bits per heavy atom. The SMILES string of the molecule is CC1Sc2ccc(C(=O)N(C)Cc3ccc(C4CC4C)o3)cc2NC1=O. The minimum Gasteiger partial charge on any atom is -0.464 e. The Labute approximate surface area is 157 Å². The summed E-state index contributed by atoms with van der Waals surface area (Å²) in [5.41, 5.74) is 1.27. The van der Waals surface area contributed by atoms with Crippen molar-refractivity contribution < 1.29 is 14.0 Å². The molecule has 6 heteroatoms. The lowest BCUT2D eigenvalue weighted by Gasteiger charge is -2.22. The monoisotopic (exact) mass is 370 g/mol. The molecule has 2 heterocycles. The standard InChI is InChI=1S/C20H22N2O3S/c1-11-8-15(11)17-6-5-14(25-17)10-22(3)20(24)13-4-7-18-16(9-13)21-19(23)12(2)26-18/h4-7,9,11-12,15H,8,10H2,1-3H3,(H,21,23). The number of hydrogen-bond donors (Lipinski definition) is 1. The zero-order chi connectivity index (χ0) is 18.4. The Kier molecular flexibility index (Phi) is 4.31. The van der Waals surface area contributed by atoms with E-state index in [1.165, 1.54) is 18.2 Å². The Hall–Kier alpha value is -2.21. The van der Waals surface area contributed by atoms with Gasteiger partial charge in [-0.1, -0.05) is 6.92 Å². The molecule has 5 nitrogen and oxygen atoms in total. The Bertz CT molecular complexity index is 876. The number of furan rings is 1. The lowest BCUT2D eigenvalue weighted by Crippen LogP contribution is -2.28. The van der Waals surface area contributed by atoms with Crippen molar-refractivity contribution in [3.8, 4) is 0 Å². The van der Waals surface area contributed by atoms with E-state index in [2.05, 4.69) is 12.2 Å². The molecule has 4 rings (SSSR count). The molecule has 0 radical (unpaired) electrons. The fraction of sp³-hybridized carbons (Fsp3) is 0.400. The van der Waals surface area contributed by atoms with Gasteiger partial charge in [0.15, 0.2) is 0 Å². The molecule has 136 valence electrons. The third-order valence-corrected chi connectivity index (χ3v) is 6.23. The van der Waals surface area contributed by atoms with Crippen molar-refractivity contribution in [3.05, 3.63) is 47.4 Å². The summed E-state index contributed by atoms with van der Waals surface area (Å²) in [5.74, 6) is 2.93. The van der Waals surface area contributed by atoms with E-state index in [0.29, 0.717) is 29.6 Å². The number of rotatable bonds is 4. The zero-order valence-electron chi connectivity index (χ0n) is 15.1. The van der Waals surface area contributed by atoms with Crippen LogP contribution in [0.1, 0.15) is 48.1 Å². The second-order valence-electron chi connectivity index (χ2n) is 7.25. The third-order valence-electron chi connectivity index (χ3n) is 5.05. The van der Waals surface area contributed by atoms with Crippen LogP contribution in [0.3, 0.4) is 0 Å². The van der Waals surface area contributed by atoms with Gasteiger partial charge in [-0.3, -0.25) is 9.59 Å². The first-order chi connectivity index (χ1) is 12.4. The number of anilines is 1. The molecule has 3 atom stereocenters. The van der Waals surface area contributed by atoms with Gasteiger partial charge in [-0.25, -0.2) is 0 Å². The van der Waals surface area contributed by atoms with Crippen molar-refractivity contribution in [2.75, 3.05) is 12.4 Å². The smallest absolute Gasteiger partial charge is 0.254 e. The van der Waals surface area contributed by atoms with Crippen LogP contribution >= 0.6 is 11.8 Å². The molecule has 2 aliphatic rings. The van der Waals surface area contributed by atoms with Crippen LogP contribution in [0.2, 0.25) is 0 Å². The summed E-state index contributed by atoms with van der Waals surface area (Å²) >= 11 is 1.51. The number of carbonyl (C=O) groups excluding carboxylic acids is 2. The predicted octanol–water partition coefficient (Wildman–Crippen LogP) is 4.11. The first-order valence-corrected chi connectivity index (χ1v) is 9.76. The van der Waals surface area contributed by atoms with Crippen LogP contribution in [-0.2, 0) is 11.3 Å². The molecule has 1 aliphatic heterocycles. The molecule has 1 aliphatic carbocycles. The van der Waals surface area contributed by atoms with E-state index in [4.69, 9.17) is 4.42 Å². The number of nitrogens with one attached hydrogen (secondary N) is 1. The summed E-state index contributed by atoms with van der Waals surface area (Å²) < 4.78 is 5.90. The molecular formula is C20H22N2O3S. The second kappa shape index (κ2) is 6.50. The summed E-state index contributed by atoms with van der Waals surface area (Å²) in [6.45, 7) is 4.52. The molecule has 1 fully saturated rings. The van der Waals surface area contributed by atoms with Crippen LogP contribution < -0.4 is 5.32 Å². The van der Waals surface area contributed by atoms with Gasteiger partial charge in [0.05, 0.1) is 17.5 Å². The highest BCUT2D eigenvalue weighted by Gasteiger charge is 2.36. The van der Waals surface area contributed by atoms with Crippen LogP contribution in [0.4, 0.5) is 5.69 Å². The van der Waals surface area contributed by atoms with Crippen molar-refractivity contribution in [1.82, 2.24) is 4.90 Å². The average Bonchev–Trinajstić information content (AvgIpc) is 3.16. The summed E-state index contributed by atoms with van der Waals surface area (Å²) in [7, 11) is 1.76. The van der Waals surface area contributed by atoms with Crippen LogP contribution in [-0.4, -0.2) is 29.0 Å². The molecule has 3 unspecified atom stereocenters. The summed E-state index contributed by atoms with van der Waals surface area (Å²) in [6, 6.07) is 9.44. The fourth-order valence-corrected chi connectivity index (χ4v) is 4.20. The van der Waals surface area contributed by atoms with Crippen LogP contribution in [0.25, 0.3) is 0 Å². The topological polar surface area (TPSA) is 62.6 Å². The van der Waals surface area contributed by atoms with Crippen LogP contribution in [0, 0.1) is 5.92 Å². The zero-order valence-corrected chi connectivity index (χ0v) is 15.9. The number of nitrogens with zero attached hydrogens (tertiary/aromatic N) is 1.